The summed E-state index contributed by atoms with van der Waals surface area (Å²) in [4.78, 5) is 14.7. The van der Waals surface area contributed by atoms with E-state index in [1.54, 1.807) is 19.4 Å². The van der Waals surface area contributed by atoms with Crippen LogP contribution in [0.3, 0.4) is 0 Å². The maximum atomic E-state index is 12.8. The monoisotopic (exact) mass is 403 g/mol. The van der Waals surface area contributed by atoms with Crippen LogP contribution in [-0.4, -0.2) is 54.0 Å². The molecular formula is C23H25N5O2. The van der Waals surface area contributed by atoms with E-state index in [9.17, 15) is 4.79 Å². The number of amides is 1. The number of hydrogen-bond acceptors (Lipinski definition) is 5. The predicted octanol–water partition coefficient (Wildman–Crippen LogP) is 3.66. The molecule has 2 aromatic carbocycles. The molecule has 1 unspecified atom stereocenters. The van der Waals surface area contributed by atoms with E-state index in [1.807, 2.05) is 47.5 Å². The summed E-state index contributed by atoms with van der Waals surface area (Å²) in [6.45, 7) is 2.23. The number of aromatic nitrogens is 2. The van der Waals surface area contributed by atoms with Gasteiger partial charge >= 0.3 is 0 Å². The molecule has 0 saturated carbocycles. The fraction of sp³-hybridized carbons (Fsp3) is 0.261. The van der Waals surface area contributed by atoms with Crippen molar-refractivity contribution in [3.63, 3.8) is 0 Å². The van der Waals surface area contributed by atoms with E-state index < -0.39 is 0 Å². The SMILES string of the molecule is COc1cccc(C(=O)N2CCC(CNc3ccc(-c4cn[nH]c4)cc3C=N)C2)c1. The second-order valence-electron chi connectivity index (χ2n) is 7.45. The molecule has 0 spiro atoms. The molecule has 1 aliphatic heterocycles. The normalized spacial score (nSPS) is 15.8. The van der Waals surface area contributed by atoms with Gasteiger partial charge in [-0.05, 0) is 48.2 Å². The quantitative estimate of drug-likeness (QED) is 0.525. The fourth-order valence-electron chi connectivity index (χ4n) is 3.81. The Kier molecular flexibility index (Phi) is 5.79. The lowest BCUT2D eigenvalue weighted by Crippen LogP contribution is -2.29. The first-order chi connectivity index (χ1) is 14.7. The lowest BCUT2D eigenvalue weighted by Gasteiger charge is -2.18. The highest BCUT2D eigenvalue weighted by Crippen LogP contribution is 2.25. The number of H-pyrrole nitrogens is 1. The van der Waals surface area contributed by atoms with Gasteiger partial charge < -0.3 is 20.4 Å². The first kappa shape index (κ1) is 19.7. The molecule has 4 rings (SSSR count). The zero-order valence-corrected chi connectivity index (χ0v) is 16.9. The number of rotatable bonds is 7. The van der Waals surface area contributed by atoms with Crippen molar-refractivity contribution in [2.45, 2.75) is 6.42 Å². The molecule has 1 amide bonds. The predicted molar refractivity (Wildman–Crippen MR) is 117 cm³/mol. The minimum atomic E-state index is 0.0426. The van der Waals surface area contributed by atoms with E-state index in [2.05, 4.69) is 15.5 Å². The van der Waals surface area contributed by atoms with Crippen LogP contribution in [-0.2, 0) is 0 Å². The van der Waals surface area contributed by atoms with Crippen molar-refractivity contribution in [3.8, 4) is 16.9 Å². The number of methoxy groups -OCH3 is 1. The van der Waals surface area contributed by atoms with Crippen LogP contribution in [0.25, 0.3) is 11.1 Å². The van der Waals surface area contributed by atoms with Gasteiger partial charge in [0.05, 0.1) is 13.3 Å². The highest BCUT2D eigenvalue weighted by molar-refractivity contribution is 5.94. The van der Waals surface area contributed by atoms with Gasteiger partial charge in [0, 0.05) is 54.4 Å². The minimum absolute atomic E-state index is 0.0426. The Balaban J connectivity index is 1.37. The van der Waals surface area contributed by atoms with Gasteiger partial charge in [0.25, 0.3) is 5.91 Å². The maximum Gasteiger partial charge on any atom is 0.253 e. The minimum Gasteiger partial charge on any atom is -0.497 e. The molecule has 7 nitrogen and oxygen atoms in total. The van der Waals surface area contributed by atoms with Crippen molar-refractivity contribution in [3.05, 3.63) is 66.0 Å². The second kappa shape index (κ2) is 8.82. The highest BCUT2D eigenvalue weighted by atomic mass is 16.5. The molecule has 1 aromatic heterocycles. The first-order valence-corrected chi connectivity index (χ1v) is 9.99. The summed E-state index contributed by atoms with van der Waals surface area (Å²) in [7, 11) is 1.60. The summed E-state index contributed by atoms with van der Waals surface area (Å²) in [5.41, 5.74) is 4.42. The lowest BCUT2D eigenvalue weighted by molar-refractivity contribution is 0.0787. The molecular weight excluding hydrogens is 378 g/mol. The number of ether oxygens (including phenoxy) is 1. The van der Waals surface area contributed by atoms with Crippen LogP contribution in [0.15, 0.2) is 54.9 Å². The summed E-state index contributed by atoms with van der Waals surface area (Å²) in [6.07, 6.45) is 5.92. The molecule has 2 heterocycles. The van der Waals surface area contributed by atoms with Crippen LogP contribution in [0.4, 0.5) is 5.69 Å². The number of carbonyl (C=O) groups is 1. The summed E-state index contributed by atoms with van der Waals surface area (Å²) >= 11 is 0. The molecule has 7 heteroatoms. The third kappa shape index (κ3) is 4.20. The topological polar surface area (TPSA) is 94.1 Å². The third-order valence-corrected chi connectivity index (χ3v) is 5.51. The number of nitrogens with one attached hydrogen (secondary N) is 3. The number of carbonyl (C=O) groups excluding carboxylic acids is 1. The van der Waals surface area contributed by atoms with Crippen LogP contribution in [0.2, 0.25) is 0 Å². The Hall–Kier alpha value is -3.61. The fourth-order valence-corrected chi connectivity index (χ4v) is 3.81. The molecule has 1 fully saturated rings. The third-order valence-electron chi connectivity index (χ3n) is 5.51. The Bertz CT molecular complexity index is 1030. The van der Waals surface area contributed by atoms with Gasteiger partial charge in [-0.3, -0.25) is 9.89 Å². The van der Waals surface area contributed by atoms with Gasteiger partial charge in [0.15, 0.2) is 0 Å². The smallest absolute Gasteiger partial charge is 0.253 e. The standard InChI is InChI=1S/C23H25N5O2/c1-30-21-4-2-3-18(10-21)23(29)28-8-7-16(15-28)12-25-22-6-5-17(9-19(22)11-24)20-13-26-27-14-20/h2-6,9-11,13-14,16,24-25H,7-8,12,15H2,1H3,(H,26,27). The number of benzene rings is 2. The molecule has 3 N–H and O–H groups in total. The molecule has 30 heavy (non-hydrogen) atoms. The largest absolute Gasteiger partial charge is 0.497 e. The summed E-state index contributed by atoms with van der Waals surface area (Å²) < 4.78 is 5.23. The number of aromatic amines is 1. The Morgan fingerprint density at radius 2 is 2.23 bits per heavy atom. The van der Waals surface area contributed by atoms with E-state index in [1.165, 1.54) is 6.21 Å². The average Bonchev–Trinajstić information content (AvgIpc) is 3.49. The van der Waals surface area contributed by atoms with Gasteiger partial charge in [-0.1, -0.05) is 12.1 Å². The van der Waals surface area contributed by atoms with E-state index in [0.717, 1.165) is 48.4 Å². The van der Waals surface area contributed by atoms with E-state index >= 15 is 0 Å². The lowest BCUT2D eigenvalue weighted by atomic mass is 10.0. The number of anilines is 1. The second-order valence-corrected chi connectivity index (χ2v) is 7.45. The van der Waals surface area contributed by atoms with Crippen molar-refractivity contribution >= 4 is 17.8 Å². The van der Waals surface area contributed by atoms with E-state index in [0.29, 0.717) is 17.2 Å². The first-order valence-electron chi connectivity index (χ1n) is 9.99. The molecule has 154 valence electrons. The van der Waals surface area contributed by atoms with Gasteiger partial charge in [0.2, 0.25) is 0 Å². The maximum absolute atomic E-state index is 12.8. The summed E-state index contributed by atoms with van der Waals surface area (Å²) in [6, 6.07) is 13.3. The van der Waals surface area contributed by atoms with Gasteiger partial charge in [-0.15, -0.1) is 0 Å². The van der Waals surface area contributed by atoms with Crippen molar-refractivity contribution in [1.82, 2.24) is 15.1 Å². The van der Waals surface area contributed by atoms with Crippen LogP contribution < -0.4 is 10.1 Å². The average molecular weight is 403 g/mol. The molecule has 1 aliphatic rings. The zero-order valence-electron chi connectivity index (χ0n) is 16.9. The van der Waals surface area contributed by atoms with Crippen LogP contribution in [0.5, 0.6) is 5.75 Å². The summed E-state index contributed by atoms with van der Waals surface area (Å²) in [5.74, 6) is 1.10. The Morgan fingerprint density at radius 3 is 3.00 bits per heavy atom. The van der Waals surface area contributed by atoms with E-state index in [4.69, 9.17) is 10.1 Å². The van der Waals surface area contributed by atoms with Crippen LogP contribution in [0.1, 0.15) is 22.3 Å². The molecule has 0 bridgehead atoms. The molecule has 0 radical (unpaired) electrons. The zero-order chi connectivity index (χ0) is 20.9. The number of nitrogens with zero attached hydrogens (tertiary/aromatic N) is 2. The van der Waals surface area contributed by atoms with Crippen LogP contribution >= 0.6 is 0 Å². The molecule has 3 aromatic rings. The van der Waals surface area contributed by atoms with Crippen LogP contribution in [0, 0.1) is 11.3 Å². The molecule has 0 aliphatic carbocycles. The molecule has 1 saturated heterocycles. The van der Waals surface area contributed by atoms with Crippen molar-refractivity contribution in [2.24, 2.45) is 5.92 Å². The van der Waals surface area contributed by atoms with Crippen molar-refractivity contribution < 1.29 is 9.53 Å². The van der Waals surface area contributed by atoms with Gasteiger partial charge in [-0.2, -0.15) is 5.10 Å². The van der Waals surface area contributed by atoms with Gasteiger partial charge in [-0.25, -0.2) is 0 Å². The number of likely N-dealkylation sites (tertiary alicyclic amines) is 1. The Morgan fingerprint density at radius 1 is 1.33 bits per heavy atom. The Labute approximate surface area is 175 Å². The number of hydrogen-bond donors (Lipinski definition) is 3. The van der Waals surface area contributed by atoms with Crippen molar-refractivity contribution in [2.75, 3.05) is 32.1 Å². The molecule has 1 atom stereocenters. The summed E-state index contributed by atoms with van der Waals surface area (Å²) in [5, 5.41) is 18.0. The van der Waals surface area contributed by atoms with Crippen molar-refractivity contribution in [1.29, 1.82) is 5.41 Å². The highest BCUT2D eigenvalue weighted by Gasteiger charge is 2.27. The van der Waals surface area contributed by atoms with Gasteiger partial charge in [0.1, 0.15) is 5.75 Å². The van der Waals surface area contributed by atoms with E-state index in [-0.39, 0.29) is 5.91 Å².